The Bertz CT molecular complexity index is 637. The summed E-state index contributed by atoms with van der Waals surface area (Å²) in [5.74, 6) is 0.861. The van der Waals surface area contributed by atoms with Crippen molar-refractivity contribution in [3.05, 3.63) is 62.5 Å². The summed E-state index contributed by atoms with van der Waals surface area (Å²) in [6.07, 6.45) is 6.72. The van der Waals surface area contributed by atoms with E-state index in [-0.39, 0.29) is 12.4 Å². The van der Waals surface area contributed by atoms with Crippen LogP contribution in [-0.2, 0) is 13.2 Å². The van der Waals surface area contributed by atoms with Crippen LogP contribution in [0.5, 0.6) is 5.75 Å². The van der Waals surface area contributed by atoms with Crippen molar-refractivity contribution in [3.63, 3.8) is 0 Å². The molecular formula is C20H24Br2ClNO. The van der Waals surface area contributed by atoms with Gasteiger partial charge in [0.05, 0.1) is 8.95 Å². The Hall–Kier alpha value is -0.550. The van der Waals surface area contributed by atoms with Crippen molar-refractivity contribution < 1.29 is 4.74 Å². The Balaban J connectivity index is 0.00000225. The number of rotatable bonds is 6. The summed E-state index contributed by atoms with van der Waals surface area (Å²) in [7, 11) is 0. The van der Waals surface area contributed by atoms with Gasteiger partial charge in [-0.1, -0.05) is 49.6 Å². The van der Waals surface area contributed by atoms with Crippen LogP contribution in [0.1, 0.15) is 43.2 Å². The molecule has 1 aliphatic rings. The molecule has 5 heteroatoms. The third-order valence-electron chi connectivity index (χ3n) is 4.48. The minimum atomic E-state index is 0. The second-order valence-electron chi connectivity index (χ2n) is 6.38. The Kier molecular flexibility index (Phi) is 8.77. The van der Waals surface area contributed by atoms with Gasteiger partial charge in [-0.15, -0.1) is 12.4 Å². The SMILES string of the molecule is Brc1cc(CNC2CCCCC2)cc(Br)c1OCc1ccccc1.Cl. The van der Waals surface area contributed by atoms with E-state index in [9.17, 15) is 0 Å². The number of hydrogen-bond donors (Lipinski definition) is 1. The van der Waals surface area contributed by atoms with Gasteiger partial charge in [0.2, 0.25) is 0 Å². The predicted octanol–water partition coefficient (Wildman–Crippen LogP) is 6.63. The van der Waals surface area contributed by atoms with Gasteiger partial charge in [0, 0.05) is 12.6 Å². The summed E-state index contributed by atoms with van der Waals surface area (Å²) < 4.78 is 7.98. The molecular weight excluding hydrogens is 465 g/mol. The zero-order chi connectivity index (χ0) is 16.8. The van der Waals surface area contributed by atoms with Crippen LogP contribution < -0.4 is 10.1 Å². The summed E-state index contributed by atoms with van der Waals surface area (Å²) in [6.45, 7) is 1.47. The Labute approximate surface area is 173 Å². The minimum absolute atomic E-state index is 0. The molecule has 0 saturated heterocycles. The lowest BCUT2D eigenvalue weighted by molar-refractivity contribution is 0.302. The fourth-order valence-corrected chi connectivity index (χ4v) is 4.66. The van der Waals surface area contributed by atoms with Gasteiger partial charge in [-0.25, -0.2) is 0 Å². The van der Waals surface area contributed by atoms with Crippen LogP contribution in [-0.4, -0.2) is 6.04 Å². The quantitative estimate of drug-likeness (QED) is 0.491. The first-order valence-corrected chi connectivity index (χ1v) is 10.2. The van der Waals surface area contributed by atoms with Gasteiger partial charge in [-0.05, 0) is 68.0 Å². The van der Waals surface area contributed by atoms with Crippen LogP contribution >= 0.6 is 44.3 Å². The van der Waals surface area contributed by atoms with Crippen molar-refractivity contribution in [1.29, 1.82) is 0 Å². The first kappa shape index (κ1) is 20.8. The van der Waals surface area contributed by atoms with Crippen LogP contribution in [0.4, 0.5) is 0 Å². The molecule has 136 valence electrons. The van der Waals surface area contributed by atoms with Crippen LogP contribution in [0.3, 0.4) is 0 Å². The maximum Gasteiger partial charge on any atom is 0.148 e. The van der Waals surface area contributed by atoms with Gasteiger partial charge < -0.3 is 10.1 Å². The zero-order valence-corrected chi connectivity index (χ0v) is 18.1. The monoisotopic (exact) mass is 487 g/mol. The lowest BCUT2D eigenvalue weighted by Gasteiger charge is -2.23. The fraction of sp³-hybridized carbons (Fsp3) is 0.400. The van der Waals surface area contributed by atoms with Crippen molar-refractivity contribution in [3.8, 4) is 5.75 Å². The van der Waals surface area contributed by atoms with Crippen LogP contribution in [0, 0.1) is 0 Å². The van der Waals surface area contributed by atoms with E-state index in [1.54, 1.807) is 0 Å². The number of benzene rings is 2. The molecule has 2 aromatic rings. The van der Waals surface area contributed by atoms with E-state index in [4.69, 9.17) is 4.74 Å². The lowest BCUT2D eigenvalue weighted by Crippen LogP contribution is -2.30. The molecule has 0 unspecified atom stereocenters. The molecule has 1 N–H and O–H groups in total. The van der Waals surface area contributed by atoms with E-state index in [0.717, 1.165) is 21.2 Å². The summed E-state index contributed by atoms with van der Waals surface area (Å²) in [4.78, 5) is 0. The summed E-state index contributed by atoms with van der Waals surface area (Å²) in [5, 5.41) is 3.69. The molecule has 1 fully saturated rings. The van der Waals surface area contributed by atoms with E-state index >= 15 is 0 Å². The van der Waals surface area contributed by atoms with E-state index in [1.807, 2.05) is 18.2 Å². The van der Waals surface area contributed by atoms with Crippen molar-refractivity contribution >= 4 is 44.3 Å². The van der Waals surface area contributed by atoms with Gasteiger partial charge in [0.25, 0.3) is 0 Å². The normalized spacial score (nSPS) is 14.8. The summed E-state index contributed by atoms with van der Waals surface area (Å²) in [5.41, 5.74) is 2.44. The Morgan fingerprint density at radius 3 is 2.20 bits per heavy atom. The van der Waals surface area contributed by atoms with Gasteiger partial charge >= 0.3 is 0 Å². The number of hydrogen-bond acceptors (Lipinski definition) is 2. The lowest BCUT2D eigenvalue weighted by atomic mass is 9.95. The van der Waals surface area contributed by atoms with Crippen LogP contribution in [0.2, 0.25) is 0 Å². The summed E-state index contributed by atoms with van der Waals surface area (Å²) in [6, 6.07) is 15.2. The molecule has 2 nitrogen and oxygen atoms in total. The molecule has 0 aliphatic heterocycles. The highest BCUT2D eigenvalue weighted by atomic mass is 79.9. The second kappa shape index (κ2) is 10.6. The molecule has 0 bridgehead atoms. The first-order valence-electron chi connectivity index (χ1n) is 8.60. The van der Waals surface area contributed by atoms with Gasteiger partial charge in [-0.3, -0.25) is 0 Å². The second-order valence-corrected chi connectivity index (χ2v) is 8.09. The average Bonchev–Trinajstić information content (AvgIpc) is 2.61. The standard InChI is InChI=1S/C20H23Br2NO.ClH/c21-18-11-16(13-23-17-9-5-2-6-10-17)12-19(22)20(18)24-14-15-7-3-1-4-8-15;/h1,3-4,7-8,11-12,17,23H,2,5-6,9-10,13-14H2;1H. The number of ether oxygens (including phenoxy) is 1. The van der Waals surface area contributed by atoms with Gasteiger partial charge in [-0.2, -0.15) is 0 Å². The minimum Gasteiger partial charge on any atom is -0.487 e. The number of nitrogens with one attached hydrogen (secondary N) is 1. The molecule has 0 aromatic heterocycles. The van der Waals surface area contributed by atoms with Gasteiger partial charge in [0.1, 0.15) is 12.4 Å². The molecule has 25 heavy (non-hydrogen) atoms. The molecule has 0 amide bonds. The Morgan fingerprint density at radius 2 is 1.56 bits per heavy atom. The molecule has 0 spiro atoms. The van der Waals surface area contributed by atoms with Crippen molar-refractivity contribution in [2.75, 3.05) is 0 Å². The zero-order valence-electron chi connectivity index (χ0n) is 14.1. The molecule has 1 aliphatic carbocycles. The fourth-order valence-electron chi connectivity index (χ4n) is 3.15. The highest BCUT2D eigenvalue weighted by molar-refractivity contribution is 9.11. The molecule has 0 radical (unpaired) electrons. The van der Waals surface area contributed by atoms with Gasteiger partial charge in [0.15, 0.2) is 0 Å². The van der Waals surface area contributed by atoms with E-state index in [0.29, 0.717) is 12.6 Å². The average molecular weight is 490 g/mol. The largest absolute Gasteiger partial charge is 0.487 e. The molecule has 1 saturated carbocycles. The van der Waals surface area contributed by atoms with E-state index < -0.39 is 0 Å². The third kappa shape index (κ3) is 6.28. The first-order chi connectivity index (χ1) is 11.7. The summed E-state index contributed by atoms with van der Waals surface area (Å²) >= 11 is 7.31. The van der Waals surface area contributed by atoms with Crippen molar-refractivity contribution in [1.82, 2.24) is 5.32 Å². The maximum absolute atomic E-state index is 5.99. The number of halogens is 3. The van der Waals surface area contributed by atoms with Crippen LogP contribution in [0.25, 0.3) is 0 Å². The molecule has 3 rings (SSSR count). The van der Waals surface area contributed by atoms with E-state index in [1.165, 1.54) is 43.2 Å². The van der Waals surface area contributed by atoms with Crippen LogP contribution in [0.15, 0.2) is 51.4 Å². The predicted molar refractivity (Wildman–Crippen MR) is 114 cm³/mol. The highest BCUT2D eigenvalue weighted by Crippen LogP contribution is 2.35. The molecule has 0 heterocycles. The smallest absolute Gasteiger partial charge is 0.148 e. The maximum atomic E-state index is 5.99. The van der Waals surface area contributed by atoms with Crippen molar-refractivity contribution in [2.24, 2.45) is 0 Å². The van der Waals surface area contributed by atoms with E-state index in [2.05, 4.69) is 61.4 Å². The topological polar surface area (TPSA) is 21.3 Å². The molecule has 2 aromatic carbocycles. The Morgan fingerprint density at radius 1 is 0.920 bits per heavy atom. The third-order valence-corrected chi connectivity index (χ3v) is 5.66. The van der Waals surface area contributed by atoms with Crippen molar-refractivity contribution in [2.45, 2.75) is 51.3 Å². The molecule has 0 atom stereocenters. The highest BCUT2D eigenvalue weighted by Gasteiger charge is 2.14.